The van der Waals surface area contributed by atoms with Crippen LogP contribution >= 0.6 is 11.6 Å². The highest BCUT2D eigenvalue weighted by Gasteiger charge is 2.08. The molecule has 0 saturated heterocycles. The number of hydrogen-bond acceptors (Lipinski definition) is 4. The van der Waals surface area contributed by atoms with Crippen LogP contribution in [0.15, 0.2) is 48.5 Å². The van der Waals surface area contributed by atoms with Crippen LogP contribution < -0.4 is 20.7 Å². The number of benzene rings is 2. The van der Waals surface area contributed by atoms with Gasteiger partial charge in [0, 0.05) is 31.3 Å². The van der Waals surface area contributed by atoms with Crippen molar-refractivity contribution < 1.29 is 19.1 Å². The number of anilines is 1. The highest BCUT2D eigenvalue weighted by molar-refractivity contribution is 6.32. The Labute approximate surface area is 162 Å². The van der Waals surface area contributed by atoms with Crippen molar-refractivity contribution >= 4 is 35.0 Å². The van der Waals surface area contributed by atoms with Crippen LogP contribution in [0.2, 0.25) is 5.02 Å². The fraction of sp³-hybridized carbons (Fsp3) is 0.211. The lowest BCUT2D eigenvalue weighted by molar-refractivity contribution is -0.119. The van der Waals surface area contributed by atoms with Crippen molar-refractivity contribution in [3.8, 4) is 5.75 Å². The molecule has 0 aliphatic heterocycles. The molecule has 0 aliphatic carbocycles. The summed E-state index contributed by atoms with van der Waals surface area (Å²) in [5.41, 5.74) is 0.987. The van der Waals surface area contributed by atoms with Gasteiger partial charge in [-0.2, -0.15) is 0 Å². The summed E-state index contributed by atoms with van der Waals surface area (Å²) in [5.74, 6) is -0.328. The zero-order valence-corrected chi connectivity index (χ0v) is 15.5. The van der Waals surface area contributed by atoms with E-state index < -0.39 is 0 Å². The average Bonchev–Trinajstić information content (AvgIpc) is 2.65. The molecule has 0 saturated carbocycles. The molecule has 0 unspecified atom stereocenters. The minimum atomic E-state index is -0.345. The van der Waals surface area contributed by atoms with Crippen LogP contribution in [0.1, 0.15) is 17.3 Å². The van der Waals surface area contributed by atoms with E-state index in [4.69, 9.17) is 16.3 Å². The molecule has 2 aromatic rings. The minimum absolute atomic E-state index is 0.150. The van der Waals surface area contributed by atoms with Crippen molar-refractivity contribution in [2.75, 3.05) is 25.0 Å². The molecule has 2 aromatic carbocycles. The average molecular weight is 390 g/mol. The predicted molar refractivity (Wildman–Crippen MR) is 103 cm³/mol. The van der Waals surface area contributed by atoms with Crippen LogP contribution in [0.4, 0.5) is 5.69 Å². The molecule has 0 aliphatic rings. The largest absolute Gasteiger partial charge is 0.482 e. The number of carbonyl (C=O) groups is 3. The standard InChI is InChI=1S/C19H20ClN3O4/c1-13(24)21-10-11-22-19(26)14-6-8-15(9-7-14)23-18(25)12-27-17-5-3-2-4-16(17)20/h2-9H,10-12H2,1H3,(H,21,24)(H,22,26)(H,23,25). The first-order chi connectivity index (χ1) is 13.0. The lowest BCUT2D eigenvalue weighted by Crippen LogP contribution is -2.33. The van der Waals surface area contributed by atoms with Crippen molar-refractivity contribution in [2.24, 2.45) is 0 Å². The second-order valence-corrected chi connectivity index (χ2v) is 5.99. The Hall–Kier alpha value is -3.06. The third-order valence-electron chi connectivity index (χ3n) is 3.41. The molecule has 8 heteroatoms. The van der Waals surface area contributed by atoms with E-state index in [2.05, 4.69) is 16.0 Å². The van der Waals surface area contributed by atoms with Gasteiger partial charge in [0.15, 0.2) is 6.61 Å². The molecule has 0 radical (unpaired) electrons. The second kappa shape index (κ2) is 10.2. The van der Waals surface area contributed by atoms with E-state index in [1.807, 2.05) is 0 Å². The van der Waals surface area contributed by atoms with Crippen molar-refractivity contribution in [3.63, 3.8) is 0 Å². The summed E-state index contributed by atoms with van der Waals surface area (Å²) < 4.78 is 5.37. The lowest BCUT2D eigenvalue weighted by Gasteiger charge is -2.09. The fourth-order valence-corrected chi connectivity index (χ4v) is 2.31. The first-order valence-electron chi connectivity index (χ1n) is 8.25. The number of nitrogens with one attached hydrogen (secondary N) is 3. The maximum atomic E-state index is 12.0. The topological polar surface area (TPSA) is 96.5 Å². The third kappa shape index (κ3) is 6.99. The maximum absolute atomic E-state index is 12.0. The van der Waals surface area contributed by atoms with Gasteiger partial charge in [0.2, 0.25) is 5.91 Å². The number of carbonyl (C=O) groups excluding carboxylic acids is 3. The van der Waals surface area contributed by atoms with Gasteiger partial charge in [0.1, 0.15) is 5.75 Å². The molecule has 0 fully saturated rings. The number of hydrogen-bond donors (Lipinski definition) is 3. The van der Waals surface area contributed by atoms with E-state index in [9.17, 15) is 14.4 Å². The Kier molecular flexibility index (Phi) is 7.63. The van der Waals surface area contributed by atoms with E-state index in [0.717, 1.165) is 0 Å². The van der Waals surface area contributed by atoms with Crippen LogP contribution in [-0.2, 0) is 9.59 Å². The van der Waals surface area contributed by atoms with Crippen LogP contribution in [0.25, 0.3) is 0 Å². The number of para-hydroxylation sites is 1. The summed E-state index contributed by atoms with van der Waals surface area (Å²) >= 11 is 5.96. The lowest BCUT2D eigenvalue weighted by atomic mass is 10.2. The molecule has 0 bridgehead atoms. The third-order valence-corrected chi connectivity index (χ3v) is 3.72. The molecule has 0 spiro atoms. The predicted octanol–water partition coefficient (Wildman–Crippen LogP) is 2.22. The molecule has 2 rings (SSSR count). The smallest absolute Gasteiger partial charge is 0.262 e. The number of amides is 3. The highest BCUT2D eigenvalue weighted by Crippen LogP contribution is 2.22. The van der Waals surface area contributed by atoms with E-state index in [-0.39, 0.29) is 24.3 Å². The van der Waals surface area contributed by atoms with Gasteiger partial charge >= 0.3 is 0 Å². The summed E-state index contributed by atoms with van der Waals surface area (Å²) in [6, 6.07) is 13.3. The summed E-state index contributed by atoms with van der Waals surface area (Å²) in [4.78, 5) is 34.7. The molecule has 142 valence electrons. The van der Waals surface area contributed by atoms with Gasteiger partial charge in [-0.25, -0.2) is 0 Å². The van der Waals surface area contributed by atoms with Crippen molar-refractivity contribution in [2.45, 2.75) is 6.92 Å². The Balaban J connectivity index is 1.79. The first-order valence-corrected chi connectivity index (χ1v) is 8.63. The Morgan fingerprint density at radius 1 is 0.963 bits per heavy atom. The molecular formula is C19H20ClN3O4. The van der Waals surface area contributed by atoms with Gasteiger partial charge in [-0.3, -0.25) is 14.4 Å². The van der Waals surface area contributed by atoms with Crippen molar-refractivity contribution in [1.29, 1.82) is 0 Å². The summed E-state index contributed by atoms with van der Waals surface area (Å²) in [6.07, 6.45) is 0. The molecule has 3 amide bonds. The van der Waals surface area contributed by atoms with Crippen molar-refractivity contribution in [1.82, 2.24) is 10.6 Å². The van der Waals surface area contributed by atoms with Gasteiger partial charge in [-0.05, 0) is 36.4 Å². The molecule has 3 N–H and O–H groups in total. The molecule has 27 heavy (non-hydrogen) atoms. The maximum Gasteiger partial charge on any atom is 0.262 e. The number of rotatable bonds is 8. The van der Waals surface area contributed by atoms with Crippen LogP contribution in [0.3, 0.4) is 0 Å². The van der Waals surface area contributed by atoms with Crippen LogP contribution in [-0.4, -0.2) is 37.4 Å². The zero-order valence-electron chi connectivity index (χ0n) is 14.8. The zero-order chi connectivity index (χ0) is 19.6. The fourth-order valence-electron chi connectivity index (χ4n) is 2.12. The Morgan fingerprint density at radius 3 is 2.30 bits per heavy atom. The van der Waals surface area contributed by atoms with Gasteiger partial charge in [0.05, 0.1) is 5.02 Å². The SMILES string of the molecule is CC(=O)NCCNC(=O)c1ccc(NC(=O)COc2ccccc2Cl)cc1. The second-order valence-electron chi connectivity index (χ2n) is 5.58. The van der Waals surface area contributed by atoms with E-state index in [1.54, 1.807) is 48.5 Å². The Bertz CT molecular complexity index is 809. The molecule has 0 heterocycles. The Morgan fingerprint density at radius 2 is 1.63 bits per heavy atom. The highest BCUT2D eigenvalue weighted by atomic mass is 35.5. The number of ether oxygens (including phenoxy) is 1. The van der Waals surface area contributed by atoms with Gasteiger partial charge in [-0.1, -0.05) is 23.7 Å². The van der Waals surface area contributed by atoms with E-state index >= 15 is 0 Å². The molecular weight excluding hydrogens is 370 g/mol. The number of halogens is 1. The van der Waals surface area contributed by atoms with Gasteiger partial charge in [-0.15, -0.1) is 0 Å². The van der Waals surface area contributed by atoms with E-state index in [1.165, 1.54) is 6.92 Å². The monoisotopic (exact) mass is 389 g/mol. The van der Waals surface area contributed by atoms with E-state index in [0.29, 0.717) is 35.1 Å². The summed E-state index contributed by atoms with van der Waals surface area (Å²) in [5, 5.41) is 8.38. The quantitative estimate of drug-likeness (QED) is 0.603. The van der Waals surface area contributed by atoms with Crippen LogP contribution in [0.5, 0.6) is 5.75 Å². The summed E-state index contributed by atoms with van der Waals surface area (Å²) in [6.45, 7) is 1.92. The summed E-state index contributed by atoms with van der Waals surface area (Å²) in [7, 11) is 0. The van der Waals surface area contributed by atoms with Crippen molar-refractivity contribution in [3.05, 3.63) is 59.1 Å². The normalized spacial score (nSPS) is 10.0. The molecule has 0 atom stereocenters. The molecule has 7 nitrogen and oxygen atoms in total. The van der Waals surface area contributed by atoms with Gasteiger partial charge in [0.25, 0.3) is 11.8 Å². The van der Waals surface area contributed by atoms with Gasteiger partial charge < -0.3 is 20.7 Å². The molecule has 0 aromatic heterocycles. The minimum Gasteiger partial charge on any atom is -0.482 e. The first kappa shape index (κ1) is 20.3. The van der Waals surface area contributed by atoms with Crippen LogP contribution in [0, 0.1) is 0 Å².